The molecule has 0 aliphatic carbocycles. The first-order valence-corrected chi connectivity index (χ1v) is 3.82. The molecule has 4 N–H and O–H groups in total. The van der Waals surface area contributed by atoms with Gasteiger partial charge in [0.25, 0.3) is 0 Å². The van der Waals surface area contributed by atoms with Crippen LogP contribution in [0.15, 0.2) is 4.79 Å². The maximum absolute atomic E-state index is 11.0. The number of H-pyrrole nitrogens is 2. The van der Waals surface area contributed by atoms with Gasteiger partial charge in [-0.05, 0) is 12.2 Å². The van der Waals surface area contributed by atoms with Crippen LogP contribution in [-0.2, 0) is 11.3 Å². The van der Waals surface area contributed by atoms with Crippen molar-refractivity contribution in [3.63, 3.8) is 0 Å². The normalized spacial score (nSPS) is 9.85. The van der Waals surface area contributed by atoms with E-state index < -0.39 is 6.09 Å². The van der Waals surface area contributed by atoms with Gasteiger partial charge in [0.15, 0.2) is 4.77 Å². The molecule has 0 radical (unpaired) electrons. The number of carbonyl (C=O) groups is 1. The molecule has 1 heterocycles. The number of aromatic nitrogens is 3. The summed E-state index contributed by atoms with van der Waals surface area (Å²) >= 11 is 4.76. The van der Waals surface area contributed by atoms with E-state index in [0.717, 1.165) is 0 Å². The molecule has 0 saturated heterocycles. The second kappa shape index (κ2) is 3.90. The molecular formula is C5H8N4O3S. The zero-order chi connectivity index (χ0) is 9.84. The maximum Gasteiger partial charge on any atom is 0.404 e. The number of ether oxygens (including phenoxy) is 1. The first-order chi connectivity index (χ1) is 6.11. The Bertz CT molecular complexity index is 375. The Kier molecular flexibility index (Phi) is 2.85. The lowest BCUT2D eigenvalue weighted by molar-refractivity contribution is 0.152. The van der Waals surface area contributed by atoms with Gasteiger partial charge in [-0.1, -0.05) is 0 Å². The van der Waals surface area contributed by atoms with E-state index in [1.54, 1.807) is 0 Å². The number of nitrogens with two attached hydrogens (primary N) is 1. The summed E-state index contributed by atoms with van der Waals surface area (Å²) in [5.74, 6) is 0. The van der Waals surface area contributed by atoms with E-state index in [9.17, 15) is 9.59 Å². The van der Waals surface area contributed by atoms with Gasteiger partial charge in [0.2, 0.25) is 0 Å². The van der Waals surface area contributed by atoms with Crippen LogP contribution in [0.25, 0.3) is 0 Å². The molecule has 0 bridgehead atoms. The number of carbonyl (C=O) groups excluding carboxylic acids is 1. The second-order valence-corrected chi connectivity index (χ2v) is 2.57. The van der Waals surface area contributed by atoms with Crippen molar-refractivity contribution in [1.82, 2.24) is 14.8 Å². The fraction of sp³-hybridized carbons (Fsp3) is 0.400. The van der Waals surface area contributed by atoms with Gasteiger partial charge in [0.1, 0.15) is 6.61 Å². The summed E-state index contributed by atoms with van der Waals surface area (Å²) in [6.45, 7) is 0.200. The Labute approximate surface area is 77.5 Å². The predicted molar refractivity (Wildman–Crippen MR) is 45.8 cm³/mol. The monoisotopic (exact) mass is 204 g/mol. The highest BCUT2D eigenvalue weighted by Crippen LogP contribution is 1.83. The van der Waals surface area contributed by atoms with Gasteiger partial charge < -0.3 is 10.5 Å². The molecule has 0 aliphatic heterocycles. The van der Waals surface area contributed by atoms with Crippen molar-refractivity contribution in [1.29, 1.82) is 0 Å². The SMILES string of the molecule is NC(=O)OCCn1c(=O)[nH][nH]c1=S. The van der Waals surface area contributed by atoms with Crippen LogP contribution < -0.4 is 11.4 Å². The Hall–Kier alpha value is -1.57. The average molecular weight is 204 g/mol. The van der Waals surface area contributed by atoms with Gasteiger partial charge in [0, 0.05) is 0 Å². The third-order valence-electron chi connectivity index (χ3n) is 1.33. The number of aromatic amines is 2. The fourth-order valence-corrected chi connectivity index (χ4v) is 1.000. The van der Waals surface area contributed by atoms with Gasteiger partial charge in [-0.15, -0.1) is 0 Å². The van der Waals surface area contributed by atoms with Crippen LogP contribution in [0, 0.1) is 4.77 Å². The van der Waals surface area contributed by atoms with Crippen LogP contribution in [0.5, 0.6) is 0 Å². The lowest BCUT2D eigenvalue weighted by Gasteiger charge is -1.99. The van der Waals surface area contributed by atoms with Crippen molar-refractivity contribution in [3.8, 4) is 0 Å². The van der Waals surface area contributed by atoms with Gasteiger partial charge in [-0.3, -0.25) is 9.67 Å². The molecule has 8 heteroatoms. The molecule has 13 heavy (non-hydrogen) atoms. The second-order valence-electron chi connectivity index (χ2n) is 2.18. The standard InChI is InChI=1S/C5H8N4O3S/c6-3(10)12-2-1-9-4(11)7-8-5(9)13/h1-2H2,(H2,6,10)(H,7,11)(H,8,13). The van der Waals surface area contributed by atoms with Gasteiger partial charge in [-0.25, -0.2) is 14.7 Å². The van der Waals surface area contributed by atoms with E-state index in [-0.39, 0.29) is 23.6 Å². The van der Waals surface area contributed by atoms with Crippen LogP contribution in [0.2, 0.25) is 0 Å². The van der Waals surface area contributed by atoms with Crippen LogP contribution in [0.1, 0.15) is 0 Å². The number of nitrogens with one attached hydrogen (secondary N) is 2. The first-order valence-electron chi connectivity index (χ1n) is 3.41. The molecule has 0 aliphatic rings. The molecule has 0 spiro atoms. The minimum absolute atomic E-state index is 0.0184. The molecule has 1 amide bonds. The average Bonchev–Trinajstić information content (AvgIpc) is 2.34. The van der Waals surface area contributed by atoms with E-state index >= 15 is 0 Å². The highest BCUT2D eigenvalue weighted by molar-refractivity contribution is 7.71. The predicted octanol–water partition coefficient (Wildman–Crippen LogP) is -0.671. The smallest absolute Gasteiger partial charge is 0.404 e. The molecule has 0 atom stereocenters. The number of nitrogens with zero attached hydrogens (tertiary/aromatic N) is 1. The zero-order valence-corrected chi connectivity index (χ0v) is 7.39. The maximum atomic E-state index is 11.0. The topological polar surface area (TPSA) is 106 Å². The van der Waals surface area contributed by atoms with Gasteiger partial charge in [-0.2, -0.15) is 0 Å². The number of amides is 1. The van der Waals surface area contributed by atoms with Gasteiger partial charge in [0.05, 0.1) is 6.54 Å². The largest absolute Gasteiger partial charge is 0.448 e. The van der Waals surface area contributed by atoms with Crippen LogP contribution in [-0.4, -0.2) is 27.5 Å². The Morgan fingerprint density at radius 1 is 1.62 bits per heavy atom. The zero-order valence-electron chi connectivity index (χ0n) is 6.57. The van der Waals surface area contributed by atoms with Crippen molar-refractivity contribution in [2.75, 3.05) is 6.61 Å². The Balaban J connectivity index is 2.60. The summed E-state index contributed by atoms with van der Waals surface area (Å²) in [5, 5.41) is 4.73. The number of rotatable bonds is 3. The van der Waals surface area contributed by atoms with E-state index in [4.69, 9.17) is 18.0 Å². The molecule has 0 unspecified atom stereocenters. The van der Waals surface area contributed by atoms with Crippen LogP contribution >= 0.6 is 12.2 Å². The molecule has 7 nitrogen and oxygen atoms in total. The molecule has 0 fully saturated rings. The minimum Gasteiger partial charge on any atom is -0.448 e. The molecular weight excluding hydrogens is 196 g/mol. The van der Waals surface area contributed by atoms with Crippen molar-refractivity contribution in [3.05, 3.63) is 15.3 Å². The van der Waals surface area contributed by atoms with E-state index in [1.165, 1.54) is 4.57 Å². The Morgan fingerprint density at radius 2 is 2.31 bits per heavy atom. The number of primary amides is 1. The molecule has 0 saturated carbocycles. The summed E-state index contributed by atoms with van der Waals surface area (Å²) in [7, 11) is 0. The molecule has 0 aromatic carbocycles. The summed E-state index contributed by atoms with van der Waals surface area (Å²) in [4.78, 5) is 21.1. The highest BCUT2D eigenvalue weighted by Gasteiger charge is 2.00. The van der Waals surface area contributed by atoms with Crippen molar-refractivity contribution in [2.24, 2.45) is 5.73 Å². The molecule has 72 valence electrons. The fourth-order valence-electron chi connectivity index (χ4n) is 0.775. The lowest BCUT2D eigenvalue weighted by Crippen LogP contribution is -2.22. The first kappa shape index (κ1) is 9.52. The minimum atomic E-state index is -0.876. The summed E-state index contributed by atoms with van der Waals surface area (Å²) in [6.07, 6.45) is -0.876. The number of hydrogen-bond acceptors (Lipinski definition) is 4. The summed E-state index contributed by atoms with van der Waals surface area (Å²) in [6, 6.07) is 0. The van der Waals surface area contributed by atoms with Crippen molar-refractivity contribution in [2.45, 2.75) is 6.54 Å². The third kappa shape index (κ3) is 2.44. The molecule has 1 aromatic heterocycles. The van der Waals surface area contributed by atoms with E-state index in [0.29, 0.717) is 0 Å². The highest BCUT2D eigenvalue weighted by atomic mass is 32.1. The van der Waals surface area contributed by atoms with Crippen LogP contribution in [0.4, 0.5) is 4.79 Å². The van der Waals surface area contributed by atoms with Crippen molar-refractivity contribution < 1.29 is 9.53 Å². The summed E-state index contributed by atoms with van der Waals surface area (Å²) < 4.78 is 5.90. The molecule has 1 aromatic rings. The van der Waals surface area contributed by atoms with Crippen molar-refractivity contribution >= 4 is 18.3 Å². The quantitative estimate of drug-likeness (QED) is 0.567. The van der Waals surface area contributed by atoms with E-state index in [1.807, 2.05) is 0 Å². The number of hydrogen-bond donors (Lipinski definition) is 3. The third-order valence-corrected chi connectivity index (χ3v) is 1.65. The Morgan fingerprint density at radius 3 is 2.77 bits per heavy atom. The molecule has 1 rings (SSSR count). The summed E-state index contributed by atoms with van der Waals surface area (Å²) in [5.41, 5.74) is 4.34. The van der Waals surface area contributed by atoms with Gasteiger partial charge >= 0.3 is 11.8 Å². The lowest BCUT2D eigenvalue weighted by atomic mass is 10.7. The van der Waals surface area contributed by atoms with E-state index in [2.05, 4.69) is 14.9 Å². The van der Waals surface area contributed by atoms with Crippen LogP contribution in [0.3, 0.4) is 0 Å².